The third kappa shape index (κ3) is 4.30. The summed E-state index contributed by atoms with van der Waals surface area (Å²) in [5.74, 6) is 1.01. The summed E-state index contributed by atoms with van der Waals surface area (Å²) in [7, 11) is 3.22. The number of carbonyl (C=O) groups is 1. The fourth-order valence-corrected chi connectivity index (χ4v) is 2.55. The molecule has 0 amide bonds. The molecule has 112 valence electrons. The Balaban J connectivity index is 1.96. The van der Waals surface area contributed by atoms with Gasteiger partial charge < -0.3 is 14.0 Å². The number of thioether (sulfide) groups is 1. The van der Waals surface area contributed by atoms with Crippen molar-refractivity contribution in [2.45, 2.75) is 11.7 Å². The zero-order valence-corrected chi connectivity index (χ0v) is 12.8. The Morgan fingerprint density at radius 3 is 3.00 bits per heavy atom. The van der Waals surface area contributed by atoms with E-state index in [4.69, 9.17) is 9.47 Å². The van der Waals surface area contributed by atoms with Gasteiger partial charge in [-0.3, -0.25) is 4.79 Å². The highest BCUT2D eigenvalue weighted by Gasteiger charge is 2.11. The van der Waals surface area contributed by atoms with Gasteiger partial charge in [0.25, 0.3) is 0 Å². The maximum Gasteiger partial charge on any atom is 0.191 e. The van der Waals surface area contributed by atoms with Crippen molar-refractivity contribution in [3.63, 3.8) is 0 Å². The number of rotatable bonds is 8. The van der Waals surface area contributed by atoms with Gasteiger partial charge in [-0.05, 0) is 12.1 Å². The number of hydrogen-bond donors (Lipinski definition) is 0. The van der Waals surface area contributed by atoms with Crippen LogP contribution in [0, 0.1) is 0 Å². The van der Waals surface area contributed by atoms with Gasteiger partial charge in [-0.2, -0.15) is 0 Å². The highest BCUT2D eigenvalue weighted by Crippen LogP contribution is 2.19. The molecule has 0 saturated heterocycles. The zero-order chi connectivity index (χ0) is 15.1. The molecule has 0 radical (unpaired) electrons. The largest absolute Gasteiger partial charge is 0.497 e. The SMILES string of the molecule is COCCn1cnnc1SCC(=O)c1cccc(OC)c1. The highest BCUT2D eigenvalue weighted by molar-refractivity contribution is 7.99. The number of hydrogen-bond acceptors (Lipinski definition) is 6. The van der Waals surface area contributed by atoms with Gasteiger partial charge in [0.2, 0.25) is 0 Å². The van der Waals surface area contributed by atoms with Crippen LogP contribution in [-0.2, 0) is 11.3 Å². The van der Waals surface area contributed by atoms with Crippen LogP contribution in [0.25, 0.3) is 0 Å². The van der Waals surface area contributed by atoms with Crippen LogP contribution >= 0.6 is 11.8 Å². The quantitative estimate of drug-likeness (QED) is 0.548. The van der Waals surface area contributed by atoms with Crippen molar-refractivity contribution in [1.29, 1.82) is 0 Å². The van der Waals surface area contributed by atoms with E-state index in [1.54, 1.807) is 38.7 Å². The molecular weight excluding hydrogens is 290 g/mol. The smallest absolute Gasteiger partial charge is 0.191 e. The Hall–Kier alpha value is -1.86. The van der Waals surface area contributed by atoms with Crippen molar-refractivity contribution >= 4 is 17.5 Å². The van der Waals surface area contributed by atoms with Crippen LogP contribution in [0.4, 0.5) is 0 Å². The predicted molar refractivity (Wildman–Crippen MR) is 79.9 cm³/mol. The first kappa shape index (κ1) is 15.5. The van der Waals surface area contributed by atoms with Crippen molar-refractivity contribution in [2.24, 2.45) is 0 Å². The molecule has 1 heterocycles. The molecule has 0 spiro atoms. The van der Waals surface area contributed by atoms with E-state index in [0.717, 1.165) is 0 Å². The summed E-state index contributed by atoms with van der Waals surface area (Å²) in [5, 5.41) is 8.58. The average molecular weight is 307 g/mol. The van der Waals surface area contributed by atoms with Crippen LogP contribution in [-0.4, -0.2) is 47.1 Å². The number of aromatic nitrogens is 3. The van der Waals surface area contributed by atoms with Crippen molar-refractivity contribution in [3.05, 3.63) is 36.2 Å². The number of Topliss-reactive ketones (excluding diaryl/α,β-unsaturated/α-hetero) is 1. The van der Waals surface area contributed by atoms with Gasteiger partial charge in [0.05, 0.1) is 19.5 Å². The van der Waals surface area contributed by atoms with Crippen LogP contribution < -0.4 is 4.74 Å². The first-order valence-corrected chi connectivity index (χ1v) is 7.40. The topological polar surface area (TPSA) is 66.2 Å². The molecule has 0 fully saturated rings. The Kier molecular flexibility index (Phi) is 5.77. The monoisotopic (exact) mass is 307 g/mol. The lowest BCUT2D eigenvalue weighted by Crippen LogP contribution is -2.07. The Morgan fingerprint density at radius 2 is 2.24 bits per heavy atom. The second kappa shape index (κ2) is 7.80. The van der Waals surface area contributed by atoms with Crippen LogP contribution in [0.15, 0.2) is 35.7 Å². The number of ketones is 1. The minimum atomic E-state index is 0.0280. The molecule has 1 aromatic carbocycles. The summed E-state index contributed by atoms with van der Waals surface area (Å²) in [6.07, 6.45) is 1.64. The van der Waals surface area contributed by atoms with Crippen LogP contribution in [0.5, 0.6) is 5.75 Å². The highest BCUT2D eigenvalue weighted by atomic mass is 32.2. The third-order valence-corrected chi connectivity index (χ3v) is 3.82. The van der Waals surface area contributed by atoms with Gasteiger partial charge in [-0.25, -0.2) is 0 Å². The maximum atomic E-state index is 12.2. The van der Waals surface area contributed by atoms with Gasteiger partial charge >= 0.3 is 0 Å². The molecule has 0 saturated carbocycles. The van der Waals surface area contributed by atoms with E-state index in [9.17, 15) is 4.79 Å². The molecule has 0 aliphatic rings. The van der Waals surface area contributed by atoms with E-state index in [1.165, 1.54) is 11.8 Å². The number of benzene rings is 1. The average Bonchev–Trinajstić information content (AvgIpc) is 2.98. The molecule has 6 nitrogen and oxygen atoms in total. The molecule has 2 aromatic rings. The Morgan fingerprint density at radius 1 is 1.38 bits per heavy atom. The van der Waals surface area contributed by atoms with Crippen molar-refractivity contribution in [1.82, 2.24) is 14.8 Å². The van der Waals surface area contributed by atoms with Gasteiger partial charge in [0.15, 0.2) is 10.9 Å². The number of methoxy groups -OCH3 is 2. The lowest BCUT2D eigenvalue weighted by Gasteiger charge is -2.06. The molecule has 0 unspecified atom stereocenters. The minimum Gasteiger partial charge on any atom is -0.497 e. The van der Waals surface area contributed by atoms with Gasteiger partial charge in [-0.1, -0.05) is 23.9 Å². The van der Waals surface area contributed by atoms with Gasteiger partial charge in [0, 0.05) is 19.2 Å². The lowest BCUT2D eigenvalue weighted by molar-refractivity contribution is 0.102. The van der Waals surface area contributed by atoms with Crippen molar-refractivity contribution < 1.29 is 14.3 Å². The zero-order valence-electron chi connectivity index (χ0n) is 12.0. The normalized spacial score (nSPS) is 10.6. The molecule has 1 aromatic heterocycles. The van der Waals surface area contributed by atoms with Gasteiger partial charge in [-0.15, -0.1) is 10.2 Å². The summed E-state index contributed by atoms with van der Waals surface area (Å²) >= 11 is 1.36. The second-order valence-electron chi connectivity index (χ2n) is 4.24. The summed E-state index contributed by atoms with van der Waals surface area (Å²) in [6, 6.07) is 7.13. The van der Waals surface area contributed by atoms with E-state index < -0.39 is 0 Å². The maximum absolute atomic E-state index is 12.2. The molecule has 0 bridgehead atoms. The van der Waals surface area contributed by atoms with E-state index >= 15 is 0 Å². The molecule has 21 heavy (non-hydrogen) atoms. The predicted octanol–water partition coefficient (Wildman–Crippen LogP) is 1.91. The van der Waals surface area contributed by atoms with Crippen LogP contribution in [0.3, 0.4) is 0 Å². The molecule has 0 atom stereocenters. The van der Waals surface area contributed by atoms with Crippen molar-refractivity contribution in [3.8, 4) is 5.75 Å². The second-order valence-corrected chi connectivity index (χ2v) is 5.19. The van der Waals surface area contributed by atoms with E-state index in [1.807, 2.05) is 10.6 Å². The Bertz CT molecular complexity index is 601. The third-order valence-electron chi connectivity index (χ3n) is 2.84. The number of nitrogens with zero attached hydrogens (tertiary/aromatic N) is 3. The fourth-order valence-electron chi connectivity index (χ4n) is 1.71. The summed E-state index contributed by atoms with van der Waals surface area (Å²) in [5.41, 5.74) is 0.629. The summed E-state index contributed by atoms with van der Waals surface area (Å²) in [6.45, 7) is 1.24. The molecule has 7 heteroatoms. The summed E-state index contributed by atoms with van der Waals surface area (Å²) in [4.78, 5) is 12.2. The van der Waals surface area contributed by atoms with E-state index in [0.29, 0.717) is 35.4 Å². The number of ether oxygens (including phenoxy) is 2. The number of carbonyl (C=O) groups excluding carboxylic acids is 1. The fraction of sp³-hybridized carbons (Fsp3) is 0.357. The first-order chi connectivity index (χ1) is 10.2. The standard InChI is InChI=1S/C14H17N3O3S/c1-19-7-6-17-10-15-16-14(17)21-9-13(18)11-4-3-5-12(8-11)20-2/h3-5,8,10H,6-7,9H2,1-2H3. The first-order valence-electron chi connectivity index (χ1n) is 6.41. The van der Waals surface area contributed by atoms with Crippen molar-refractivity contribution in [2.75, 3.05) is 26.6 Å². The van der Waals surface area contributed by atoms with E-state index in [2.05, 4.69) is 10.2 Å². The molecule has 0 aliphatic carbocycles. The minimum absolute atomic E-state index is 0.0280. The van der Waals surface area contributed by atoms with Crippen LogP contribution in [0.1, 0.15) is 10.4 Å². The lowest BCUT2D eigenvalue weighted by atomic mass is 10.1. The molecular formula is C14H17N3O3S. The van der Waals surface area contributed by atoms with E-state index in [-0.39, 0.29) is 5.78 Å². The Labute approximate surface area is 127 Å². The van der Waals surface area contributed by atoms with Crippen LogP contribution in [0.2, 0.25) is 0 Å². The van der Waals surface area contributed by atoms with Gasteiger partial charge in [0.1, 0.15) is 12.1 Å². The molecule has 2 rings (SSSR count). The molecule has 0 aliphatic heterocycles. The molecule has 0 N–H and O–H groups in total. The summed E-state index contributed by atoms with van der Waals surface area (Å²) < 4.78 is 12.0.